The minimum Gasteiger partial charge on any atom is -0.309 e. The standard InChI is InChI=1S/C66H39N7/c67-40-45-13-1-3-15-50(45)59-39-58(69-66(70-59)51-16-4-2-14-46(51)41-68)44-27-25-42(26-28-44)43-29-31-47(32-30-43)71-64-35-33-48(72-60-21-9-5-17-52(60)53-18-6-10-22-61(53)72)37-56(64)57-38-49(34-36-65(57)71)73-62-23-11-7-19-54(62)55-20-8-12-24-63(55)73/h1-39H. The molecule has 0 bridgehead atoms. The van der Waals surface area contributed by atoms with E-state index < -0.39 is 0 Å². The first-order valence-corrected chi connectivity index (χ1v) is 24.3. The molecule has 0 amide bonds. The minimum absolute atomic E-state index is 0.424. The lowest BCUT2D eigenvalue weighted by molar-refractivity contribution is 1.16. The zero-order valence-corrected chi connectivity index (χ0v) is 39.1. The molecular formula is C66H39N7. The molecule has 0 atom stereocenters. The van der Waals surface area contributed by atoms with Crippen LogP contribution in [0.4, 0.5) is 0 Å². The number of aromatic nitrogens is 5. The first-order valence-electron chi connectivity index (χ1n) is 24.3. The van der Waals surface area contributed by atoms with Gasteiger partial charge in [0.2, 0.25) is 0 Å². The molecule has 338 valence electrons. The normalized spacial score (nSPS) is 11.5. The third-order valence-electron chi connectivity index (χ3n) is 14.4. The molecule has 0 unspecified atom stereocenters. The van der Waals surface area contributed by atoms with Crippen LogP contribution in [0.3, 0.4) is 0 Å². The number of para-hydroxylation sites is 4. The van der Waals surface area contributed by atoms with Crippen molar-refractivity contribution in [3.8, 4) is 74.2 Å². The molecule has 0 aliphatic rings. The van der Waals surface area contributed by atoms with Crippen molar-refractivity contribution in [1.82, 2.24) is 23.7 Å². The summed E-state index contributed by atoms with van der Waals surface area (Å²) in [7, 11) is 0. The average Bonchev–Trinajstić information content (AvgIpc) is 4.10. The van der Waals surface area contributed by atoms with Crippen molar-refractivity contribution in [2.45, 2.75) is 0 Å². The molecule has 0 N–H and O–H groups in total. The van der Waals surface area contributed by atoms with Crippen molar-refractivity contribution in [3.63, 3.8) is 0 Å². The summed E-state index contributed by atoms with van der Waals surface area (Å²) < 4.78 is 7.19. The van der Waals surface area contributed by atoms with Crippen molar-refractivity contribution in [3.05, 3.63) is 248 Å². The molecular weight excluding hydrogens is 891 g/mol. The van der Waals surface area contributed by atoms with Gasteiger partial charge in [-0.3, -0.25) is 0 Å². The van der Waals surface area contributed by atoms with E-state index in [1.54, 1.807) is 12.1 Å². The molecule has 14 rings (SSSR count). The number of fused-ring (bicyclic) bond motifs is 9. The van der Waals surface area contributed by atoms with Crippen molar-refractivity contribution >= 4 is 65.4 Å². The Labute approximate surface area is 419 Å². The summed E-state index contributed by atoms with van der Waals surface area (Å²) in [6, 6.07) is 87.0. The minimum atomic E-state index is 0.424. The Bertz CT molecular complexity index is 4280. The van der Waals surface area contributed by atoms with Crippen LogP contribution in [0.15, 0.2) is 237 Å². The summed E-state index contributed by atoms with van der Waals surface area (Å²) in [5.74, 6) is 0.424. The topological polar surface area (TPSA) is 88.1 Å². The van der Waals surface area contributed by atoms with Crippen LogP contribution in [-0.4, -0.2) is 23.7 Å². The van der Waals surface area contributed by atoms with Gasteiger partial charge in [-0.25, -0.2) is 9.97 Å². The van der Waals surface area contributed by atoms with Gasteiger partial charge < -0.3 is 13.7 Å². The largest absolute Gasteiger partial charge is 0.309 e. The fraction of sp³-hybridized carbons (Fsp3) is 0. The van der Waals surface area contributed by atoms with Gasteiger partial charge in [0.1, 0.15) is 0 Å². The highest BCUT2D eigenvalue weighted by molar-refractivity contribution is 6.14. The Morgan fingerprint density at radius 1 is 0.288 bits per heavy atom. The van der Waals surface area contributed by atoms with Crippen LogP contribution < -0.4 is 0 Å². The SMILES string of the molecule is N#Cc1ccccc1-c1cc(-c2ccc(-c3ccc(-n4c5ccc(-n6c7ccccc7c7ccccc76)cc5c5cc(-n6c7ccccc7c7ccccc76)ccc54)cc3)cc2)nc(-c2ccccc2C#N)n1. The van der Waals surface area contributed by atoms with Crippen molar-refractivity contribution in [2.24, 2.45) is 0 Å². The average molecular weight is 930 g/mol. The fourth-order valence-corrected chi connectivity index (χ4v) is 11.0. The van der Waals surface area contributed by atoms with Gasteiger partial charge in [-0.2, -0.15) is 10.5 Å². The third kappa shape index (κ3) is 6.65. The first kappa shape index (κ1) is 41.6. The fourth-order valence-electron chi connectivity index (χ4n) is 11.0. The second-order valence-electron chi connectivity index (χ2n) is 18.4. The maximum absolute atomic E-state index is 10.00. The van der Waals surface area contributed by atoms with Crippen molar-refractivity contribution in [1.29, 1.82) is 10.5 Å². The maximum Gasteiger partial charge on any atom is 0.161 e. The highest BCUT2D eigenvalue weighted by atomic mass is 15.0. The molecule has 0 fully saturated rings. The zero-order valence-electron chi connectivity index (χ0n) is 39.1. The summed E-state index contributed by atoms with van der Waals surface area (Å²) in [5.41, 5.74) is 16.9. The van der Waals surface area contributed by atoms with E-state index in [4.69, 9.17) is 9.97 Å². The lowest BCUT2D eigenvalue weighted by atomic mass is 10.00. The molecule has 14 aromatic rings. The van der Waals surface area contributed by atoms with Crippen LogP contribution in [0.1, 0.15) is 11.1 Å². The van der Waals surface area contributed by atoms with Crippen molar-refractivity contribution < 1.29 is 0 Å². The van der Waals surface area contributed by atoms with Gasteiger partial charge in [0.25, 0.3) is 0 Å². The van der Waals surface area contributed by atoms with Crippen LogP contribution in [-0.2, 0) is 0 Å². The molecule has 7 heteroatoms. The van der Waals surface area contributed by atoms with E-state index in [1.165, 1.54) is 54.4 Å². The summed E-state index contributed by atoms with van der Waals surface area (Å²) in [6.45, 7) is 0. The van der Waals surface area contributed by atoms with Gasteiger partial charge in [0.15, 0.2) is 5.82 Å². The Balaban J connectivity index is 0.887. The number of benzene rings is 10. The molecule has 0 saturated carbocycles. The Kier molecular flexibility index (Phi) is 9.50. The zero-order chi connectivity index (χ0) is 48.6. The van der Waals surface area contributed by atoms with Crippen LogP contribution in [0, 0.1) is 22.7 Å². The molecule has 0 aliphatic heterocycles. The number of hydrogen-bond donors (Lipinski definition) is 0. The molecule has 0 radical (unpaired) electrons. The summed E-state index contributed by atoms with van der Waals surface area (Å²) in [4.78, 5) is 9.90. The highest BCUT2D eigenvalue weighted by Gasteiger charge is 2.20. The lowest BCUT2D eigenvalue weighted by Crippen LogP contribution is -1.98. The van der Waals surface area contributed by atoms with Gasteiger partial charge in [0.05, 0.1) is 67.8 Å². The van der Waals surface area contributed by atoms with E-state index in [1.807, 2.05) is 42.5 Å². The van der Waals surface area contributed by atoms with Crippen LogP contribution >= 0.6 is 0 Å². The van der Waals surface area contributed by atoms with Gasteiger partial charge in [-0.05, 0) is 108 Å². The first-order chi connectivity index (χ1) is 36.1. The molecule has 73 heavy (non-hydrogen) atoms. The van der Waals surface area contributed by atoms with Gasteiger partial charge >= 0.3 is 0 Å². The van der Waals surface area contributed by atoms with E-state index in [0.29, 0.717) is 39.5 Å². The molecule has 0 spiro atoms. The summed E-state index contributed by atoms with van der Waals surface area (Å²) in [6.07, 6.45) is 0. The smallest absolute Gasteiger partial charge is 0.161 e. The van der Waals surface area contributed by atoms with Crippen LogP contribution in [0.5, 0.6) is 0 Å². The summed E-state index contributed by atoms with van der Waals surface area (Å²) in [5, 5.41) is 27.3. The predicted molar refractivity (Wildman–Crippen MR) is 296 cm³/mol. The van der Waals surface area contributed by atoms with Gasteiger partial charge in [-0.15, -0.1) is 0 Å². The van der Waals surface area contributed by atoms with Crippen LogP contribution in [0.2, 0.25) is 0 Å². The van der Waals surface area contributed by atoms with Gasteiger partial charge in [0, 0.05) is 66.1 Å². The van der Waals surface area contributed by atoms with E-state index in [0.717, 1.165) is 44.8 Å². The number of hydrogen-bond acceptors (Lipinski definition) is 4. The summed E-state index contributed by atoms with van der Waals surface area (Å²) >= 11 is 0. The second-order valence-corrected chi connectivity index (χ2v) is 18.4. The van der Waals surface area contributed by atoms with E-state index in [9.17, 15) is 10.5 Å². The van der Waals surface area contributed by atoms with E-state index in [2.05, 4.69) is 208 Å². The monoisotopic (exact) mass is 929 g/mol. The van der Waals surface area contributed by atoms with Crippen LogP contribution in [0.25, 0.3) is 128 Å². The number of nitriles is 2. The molecule has 4 heterocycles. The predicted octanol–water partition coefficient (Wildman–Crippen LogP) is 16.2. The molecule has 0 aliphatic carbocycles. The van der Waals surface area contributed by atoms with Crippen molar-refractivity contribution in [2.75, 3.05) is 0 Å². The highest BCUT2D eigenvalue weighted by Crippen LogP contribution is 2.40. The molecule has 10 aromatic carbocycles. The Morgan fingerprint density at radius 2 is 0.644 bits per heavy atom. The maximum atomic E-state index is 10.00. The molecule has 7 nitrogen and oxygen atoms in total. The quantitative estimate of drug-likeness (QED) is 0.159. The number of nitrogens with zero attached hydrogens (tertiary/aromatic N) is 7. The third-order valence-corrected chi connectivity index (χ3v) is 14.4. The Morgan fingerprint density at radius 3 is 1.14 bits per heavy atom. The molecule has 0 saturated heterocycles. The lowest BCUT2D eigenvalue weighted by Gasteiger charge is -2.12. The molecule has 4 aromatic heterocycles. The van der Waals surface area contributed by atoms with E-state index in [-0.39, 0.29) is 0 Å². The van der Waals surface area contributed by atoms with E-state index >= 15 is 0 Å². The Hall–Kier alpha value is -10.3. The number of rotatable bonds is 7. The second kappa shape index (κ2) is 16.7. The van der Waals surface area contributed by atoms with Gasteiger partial charge in [-0.1, -0.05) is 140 Å².